The molecule has 5 heteroatoms. The first-order chi connectivity index (χ1) is 8.27. The molecule has 4 N–H and O–H groups in total. The summed E-state index contributed by atoms with van der Waals surface area (Å²) in [5.74, 6) is 0. The van der Waals surface area contributed by atoms with Crippen LogP contribution in [-0.4, -0.2) is 17.7 Å². The van der Waals surface area contributed by atoms with Gasteiger partial charge in [-0.1, -0.05) is 58.3 Å². The van der Waals surface area contributed by atoms with Gasteiger partial charge in [0, 0.05) is 6.54 Å². The molecule has 0 aliphatic rings. The van der Waals surface area contributed by atoms with E-state index in [1.807, 2.05) is 5.43 Å². The highest BCUT2D eigenvalue weighted by Crippen LogP contribution is 2.08. The molecule has 0 bridgehead atoms. The molecule has 0 saturated heterocycles. The summed E-state index contributed by atoms with van der Waals surface area (Å²) in [6.45, 7) is 3.02. The molecule has 0 fully saturated rings. The largest absolute Gasteiger partial charge is 0.464 e. The van der Waals surface area contributed by atoms with Gasteiger partial charge in [0.15, 0.2) is 0 Å². The summed E-state index contributed by atoms with van der Waals surface area (Å²) in [6.07, 6.45) is 10.6. The van der Waals surface area contributed by atoms with E-state index in [1.54, 1.807) is 0 Å². The Hall–Kier alpha value is -0.810. The molecule has 1 amide bonds. The van der Waals surface area contributed by atoms with Gasteiger partial charge >= 0.3 is 6.09 Å². The molecule has 0 atom stereocenters. The Labute approximate surface area is 104 Å². The predicted molar refractivity (Wildman–Crippen MR) is 69.5 cm³/mol. The average molecular weight is 245 g/mol. The van der Waals surface area contributed by atoms with Crippen molar-refractivity contribution in [3.63, 3.8) is 0 Å². The smallest absolute Gasteiger partial charge is 0.420 e. The number of amides is 1. The number of nitrogens with one attached hydrogen (secondary N) is 3. The monoisotopic (exact) mass is 245 g/mol. The average Bonchev–Trinajstić information content (AvgIpc) is 2.30. The Morgan fingerprint density at radius 1 is 0.941 bits per heavy atom. The van der Waals surface area contributed by atoms with Crippen molar-refractivity contribution in [1.82, 2.24) is 16.4 Å². The van der Waals surface area contributed by atoms with Crippen LogP contribution in [-0.2, 0) is 0 Å². The highest BCUT2D eigenvalue weighted by molar-refractivity contribution is 5.63. The minimum atomic E-state index is -1.08. The van der Waals surface area contributed by atoms with Crippen molar-refractivity contribution in [2.45, 2.75) is 64.7 Å². The summed E-state index contributed by atoms with van der Waals surface area (Å²) < 4.78 is 0. The van der Waals surface area contributed by atoms with E-state index in [4.69, 9.17) is 5.11 Å². The van der Waals surface area contributed by atoms with Crippen LogP contribution in [0.15, 0.2) is 0 Å². The van der Waals surface area contributed by atoms with Gasteiger partial charge in [-0.25, -0.2) is 15.6 Å². The lowest BCUT2D eigenvalue weighted by Gasteiger charge is -2.05. The van der Waals surface area contributed by atoms with Gasteiger partial charge in [-0.2, -0.15) is 5.53 Å². The summed E-state index contributed by atoms with van der Waals surface area (Å²) in [5, 5.41) is 8.26. The normalized spacial score (nSPS) is 10.4. The third-order valence-electron chi connectivity index (χ3n) is 2.66. The zero-order valence-corrected chi connectivity index (χ0v) is 10.9. The molecule has 0 rings (SSSR count). The van der Waals surface area contributed by atoms with E-state index in [-0.39, 0.29) is 0 Å². The van der Waals surface area contributed by atoms with Crippen LogP contribution in [0, 0.1) is 0 Å². The Kier molecular flexibility index (Phi) is 12.6. The van der Waals surface area contributed by atoms with E-state index in [0.717, 1.165) is 13.0 Å². The summed E-state index contributed by atoms with van der Waals surface area (Å²) >= 11 is 0. The number of carboxylic acid groups (broad SMARTS) is 1. The first kappa shape index (κ1) is 16.2. The second-order valence-corrected chi connectivity index (χ2v) is 4.31. The minimum Gasteiger partial charge on any atom is -0.464 e. The molecule has 0 aromatic carbocycles. The van der Waals surface area contributed by atoms with E-state index in [9.17, 15) is 4.79 Å². The second-order valence-electron chi connectivity index (χ2n) is 4.31. The number of carbonyl (C=O) groups is 1. The maximum absolute atomic E-state index is 10.1. The molecule has 0 heterocycles. The maximum Gasteiger partial charge on any atom is 0.420 e. The lowest BCUT2D eigenvalue weighted by molar-refractivity contribution is 0.185. The second kappa shape index (κ2) is 13.3. The maximum atomic E-state index is 10.1. The molecular weight excluding hydrogens is 218 g/mol. The first-order valence-corrected chi connectivity index (χ1v) is 6.74. The number of hydrogen-bond acceptors (Lipinski definition) is 3. The molecule has 102 valence electrons. The Morgan fingerprint density at radius 3 is 2.00 bits per heavy atom. The molecule has 0 aliphatic carbocycles. The standard InChI is InChI=1S/C12H27N3O2/c1-2-3-4-5-6-7-8-9-10-11-13-15-14-12(16)17/h13-15H,2-11H2,1H3,(H,16,17). The molecule has 0 radical (unpaired) electrons. The zero-order chi connectivity index (χ0) is 12.8. The quantitative estimate of drug-likeness (QED) is 0.315. The van der Waals surface area contributed by atoms with Crippen LogP contribution in [0.1, 0.15) is 64.7 Å². The van der Waals surface area contributed by atoms with Crippen LogP contribution in [0.5, 0.6) is 0 Å². The predicted octanol–water partition coefficient (Wildman–Crippen LogP) is 2.79. The van der Waals surface area contributed by atoms with Gasteiger partial charge in [-0.15, -0.1) is 0 Å². The first-order valence-electron chi connectivity index (χ1n) is 6.74. The molecule has 0 aromatic rings. The van der Waals surface area contributed by atoms with Gasteiger partial charge in [0.1, 0.15) is 0 Å². The molecule has 17 heavy (non-hydrogen) atoms. The number of unbranched alkanes of at least 4 members (excludes halogenated alkanes) is 8. The summed E-state index contributed by atoms with van der Waals surface area (Å²) in [6, 6.07) is 0. The number of hydrazine groups is 2. The van der Waals surface area contributed by atoms with E-state index in [1.165, 1.54) is 51.4 Å². The van der Waals surface area contributed by atoms with Crippen molar-refractivity contribution in [3.05, 3.63) is 0 Å². The fourth-order valence-corrected chi connectivity index (χ4v) is 1.68. The van der Waals surface area contributed by atoms with Crippen molar-refractivity contribution in [2.24, 2.45) is 0 Å². The van der Waals surface area contributed by atoms with Crippen molar-refractivity contribution in [1.29, 1.82) is 0 Å². The minimum absolute atomic E-state index is 0.788. The van der Waals surface area contributed by atoms with Crippen LogP contribution >= 0.6 is 0 Å². The van der Waals surface area contributed by atoms with Crippen LogP contribution in [0.25, 0.3) is 0 Å². The van der Waals surface area contributed by atoms with E-state index >= 15 is 0 Å². The van der Waals surface area contributed by atoms with Crippen molar-refractivity contribution in [3.8, 4) is 0 Å². The summed E-state index contributed by atoms with van der Waals surface area (Å²) in [4.78, 5) is 10.1. The zero-order valence-electron chi connectivity index (χ0n) is 10.9. The Bertz CT molecular complexity index is 177. The van der Waals surface area contributed by atoms with E-state index in [0.29, 0.717) is 0 Å². The van der Waals surface area contributed by atoms with Gasteiger partial charge in [0.2, 0.25) is 0 Å². The van der Waals surface area contributed by atoms with Gasteiger partial charge in [0.25, 0.3) is 0 Å². The van der Waals surface area contributed by atoms with Crippen molar-refractivity contribution < 1.29 is 9.90 Å². The van der Waals surface area contributed by atoms with Gasteiger partial charge in [0.05, 0.1) is 0 Å². The molecule has 0 unspecified atom stereocenters. The lowest BCUT2D eigenvalue weighted by Crippen LogP contribution is -2.46. The van der Waals surface area contributed by atoms with Gasteiger partial charge in [-0.3, -0.25) is 0 Å². The van der Waals surface area contributed by atoms with Crippen LogP contribution < -0.4 is 16.4 Å². The van der Waals surface area contributed by atoms with Gasteiger partial charge in [-0.05, 0) is 6.42 Å². The van der Waals surface area contributed by atoms with Gasteiger partial charge < -0.3 is 5.11 Å². The highest BCUT2D eigenvalue weighted by atomic mass is 16.4. The van der Waals surface area contributed by atoms with E-state index < -0.39 is 6.09 Å². The SMILES string of the molecule is CCCCCCCCCCCNNNC(=O)O. The molecule has 5 nitrogen and oxygen atoms in total. The Morgan fingerprint density at radius 2 is 1.47 bits per heavy atom. The molecular formula is C12H27N3O2. The Balaban J connectivity index is 2.91. The molecule has 0 saturated carbocycles. The van der Waals surface area contributed by atoms with Crippen LogP contribution in [0.4, 0.5) is 4.79 Å². The van der Waals surface area contributed by atoms with Crippen molar-refractivity contribution >= 4 is 6.09 Å². The third kappa shape index (κ3) is 15.2. The van der Waals surface area contributed by atoms with Crippen LogP contribution in [0.2, 0.25) is 0 Å². The van der Waals surface area contributed by atoms with Crippen molar-refractivity contribution in [2.75, 3.05) is 6.54 Å². The lowest BCUT2D eigenvalue weighted by atomic mass is 10.1. The third-order valence-corrected chi connectivity index (χ3v) is 2.66. The summed E-state index contributed by atoms with van der Waals surface area (Å²) in [7, 11) is 0. The van der Waals surface area contributed by atoms with Crippen LogP contribution in [0.3, 0.4) is 0 Å². The fraction of sp³-hybridized carbons (Fsp3) is 0.917. The molecule has 0 aromatic heterocycles. The molecule has 0 aliphatic heterocycles. The number of hydrogen-bond donors (Lipinski definition) is 4. The van der Waals surface area contributed by atoms with E-state index in [2.05, 4.69) is 17.9 Å². The topological polar surface area (TPSA) is 73.4 Å². The summed E-state index contributed by atoms with van der Waals surface area (Å²) in [5.41, 5.74) is 7.24. The highest BCUT2D eigenvalue weighted by Gasteiger charge is 1.93. The number of rotatable bonds is 12. The molecule has 0 spiro atoms. The fourth-order valence-electron chi connectivity index (χ4n) is 1.68.